The zero-order valence-corrected chi connectivity index (χ0v) is 14.9. The average molecular weight is 319 g/mol. The Hall–Kier alpha value is -0.510. The largest absolute Gasteiger partial charge is 0.298 e. The van der Waals surface area contributed by atoms with Crippen molar-refractivity contribution in [3.05, 3.63) is 29.8 Å². The Balaban J connectivity index is 1.48. The van der Waals surface area contributed by atoms with Crippen LogP contribution in [0.3, 0.4) is 0 Å². The van der Waals surface area contributed by atoms with Crippen molar-refractivity contribution in [2.75, 3.05) is 32.4 Å². The Kier molecular flexibility index (Phi) is 5.83. The minimum Gasteiger partial charge on any atom is -0.298 e. The van der Waals surface area contributed by atoms with Gasteiger partial charge in [0.25, 0.3) is 0 Å². The zero-order valence-electron chi connectivity index (χ0n) is 14.1. The van der Waals surface area contributed by atoms with Gasteiger partial charge in [0.1, 0.15) is 0 Å². The minimum absolute atomic E-state index is 0.858. The van der Waals surface area contributed by atoms with E-state index in [0.717, 1.165) is 18.5 Å². The lowest BCUT2D eigenvalue weighted by Crippen LogP contribution is -2.52. The average Bonchev–Trinajstić information content (AvgIpc) is 2.57. The Labute approximate surface area is 140 Å². The van der Waals surface area contributed by atoms with Gasteiger partial charge in [0.05, 0.1) is 0 Å². The van der Waals surface area contributed by atoms with Gasteiger partial charge in [-0.15, -0.1) is 11.8 Å². The number of benzene rings is 1. The highest BCUT2D eigenvalue weighted by Crippen LogP contribution is 2.28. The van der Waals surface area contributed by atoms with Gasteiger partial charge in [-0.05, 0) is 42.7 Å². The highest BCUT2D eigenvalue weighted by Gasteiger charge is 2.29. The molecule has 1 aliphatic carbocycles. The fourth-order valence-electron chi connectivity index (χ4n) is 4.08. The molecule has 3 heteroatoms. The van der Waals surface area contributed by atoms with E-state index in [-0.39, 0.29) is 0 Å². The molecule has 1 heterocycles. The fraction of sp³-hybridized carbons (Fsp3) is 0.684. The molecular formula is C19H30N2S. The lowest BCUT2D eigenvalue weighted by Gasteiger charge is -2.43. The van der Waals surface area contributed by atoms with Gasteiger partial charge in [-0.3, -0.25) is 9.80 Å². The maximum Gasteiger partial charge on any atom is 0.0234 e. The first-order valence-electron chi connectivity index (χ1n) is 8.85. The van der Waals surface area contributed by atoms with E-state index in [1.54, 1.807) is 0 Å². The van der Waals surface area contributed by atoms with Crippen molar-refractivity contribution in [2.24, 2.45) is 5.92 Å². The third-order valence-electron chi connectivity index (χ3n) is 5.51. The van der Waals surface area contributed by atoms with Crippen LogP contribution in [0.2, 0.25) is 0 Å². The predicted octanol–water partition coefficient (Wildman–Crippen LogP) is 4.10. The summed E-state index contributed by atoms with van der Waals surface area (Å²) < 4.78 is 0. The Morgan fingerprint density at radius 2 is 1.68 bits per heavy atom. The number of hydrogen-bond donors (Lipinski definition) is 0. The zero-order chi connectivity index (χ0) is 15.4. The molecule has 0 bridgehead atoms. The molecule has 0 amide bonds. The molecule has 0 radical (unpaired) electrons. The van der Waals surface area contributed by atoms with Gasteiger partial charge in [0.15, 0.2) is 0 Å². The lowest BCUT2D eigenvalue weighted by molar-refractivity contribution is 0.0518. The molecule has 2 fully saturated rings. The van der Waals surface area contributed by atoms with E-state index in [2.05, 4.69) is 47.2 Å². The molecular weight excluding hydrogens is 288 g/mol. The van der Waals surface area contributed by atoms with E-state index < -0.39 is 0 Å². The molecule has 2 nitrogen and oxygen atoms in total. The summed E-state index contributed by atoms with van der Waals surface area (Å²) >= 11 is 1.82. The monoisotopic (exact) mass is 318 g/mol. The van der Waals surface area contributed by atoms with Crippen LogP contribution < -0.4 is 0 Å². The molecule has 1 aromatic carbocycles. The summed E-state index contributed by atoms with van der Waals surface area (Å²) in [6.45, 7) is 8.56. The molecule has 3 rings (SSSR count). The Morgan fingerprint density at radius 3 is 2.32 bits per heavy atom. The van der Waals surface area contributed by atoms with Crippen LogP contribution in [-0.4, -0.2) is 48.3 Å². The molecule has 0 spiro atoms. The summed E-state index contributed by atoms with van der Waals surface area (Å²) in [5, 5.41) is 0. The van der Waals surface area contributed by atoms with E-state index >= 15 is 0 Å². The van der Waals surface area contributed by atoms with Gasteiger partial charge < -0.3 is 0 Å². The van der Waals surface area contributed by atoms with Crippen LogP contribution in [0.5, 0.6) is 0 Å². The van der Waals surface area contributed by atoms with E-state index in [0.29, 0.717) is 0 Å². The van der Waals surface area contributed by atoms with Crippen LogP contribution in [0.15, 0.2) is 29.2 Å². The summed E-state index contributed by atoms with van der Waals surface area (Å²) in [6.07, 6.45) is 7.89. The van der Waals surface area contributed by atoms with Crippen LogP contribution in [0.4, 0.5) is 0 Å². The first-order chi connectivity index (χ1) is 10.8. The van der Waals surface area contributed by atoms with Gasteiger partial charge in [0, 0.05) is 43.7 Å². The summed E-state index contributed by atoms with van der Waals surface area (Å²) in [4.78, 5) is 6.76. The first-order valence-corrected chi connectivity index (χ1v) is 10.1. The third kappa shape index (κ3) is 4.06. The molecule has 0 aromatic heterocycles. The van der Waals surface area contributed by atoms with Crippen molar-refractivity contribution < 1.29 is 0 Å². The normalized spacial score (nSPS) is 27.9. The maximum atomic E-state index is 2.77. The molecule has 22 heavy (non-hydrogen) atoms. The summed E-state index contributed by atoms with van der Waals surface area (Å²) in [5.74, 6) is 0.902. The van der Waals surface area contributed by atoms with Crippen LogP contribution in [-0.2, 0) is 6.54 Å². The maximum absolute atomic E-state index is 2.77. The molecule has 2 aliphatic rings. The minimum atomic E-state index is 0.858. The van der Waals surface area contributed by atoms with Gasteiger partial charge >= 0.3 is 0 Å². The lowest BCUT2D eigenvalue weighted by atomic mass is 9.84. The smallest absolute Gasteiger partial charge is 0.0234 e. The van der Waals surface area contributed by atoms with Gasteiger partial charge in [-0.2, -0.15) is 0 Å². The summed E-state index contributed by atoms with van der Waals surface area (Å²) in [5.41, 5.74) is 1.46. The number of rotatable bonds is 4. The molecule has 122 valence electrons. The summed E-state index contributed by atoms with van der Waals surface area (Å²) in [7, 11) is 0. The van der Waals surface area contributed by atoms with E-state index in [4.69, 9.17) is 0 Å². The van der Waals surface area contributed by atoms with E-state index in [9.17, 15) is 0 Å². The highest BCUT2D eigenvalue weighted by molar-refractivity contribution is 7.98. The van der Waals surface area contributed by atoms with Gasteiger partial charge in [0.2, 0.25) is 0 Å². The van der Waals surface area contributed by atoms with Gasteiger partial charge in [-0.1, -0.05) is 31.9 Å². The topological polar surface area (TPSA) is 6.48 Å². The van der Waals surface area contributed by atoms with Gasteiger partial charge in [-0.25, -0.2) is 0 Å². The highest BCUT2D eigenvalue weighted by atomic mass is 32.2. The van der Waals surface area contributed by atoms with Crippen molar-refractivity contribution in [1.82, 2.24) is 9.80 Å². The number of thioether (sulfide) groups is 1. The third-order valence-corrected chi connectivity index (χ3v) is 6.25. The van der Waals surface area contributed by atoms with Crippen LogP contribution in [0.25, 0.3) is 0 Å². The van der Waals surface area contributed by atoms with Crippen molar-refractivity contribution in [2.45, 2.75) is 50.1 Å². The van der Waals surface area contributed by atoms with E-state index in [1.165, 1.54) is 62.3 Å². The second-order valence-corrected chi connectivity index (χ2v) is 7.87. The summed E-state index contributed by atoms with van der Waals surface area (Å²) in [6, 6.07) is 9.94. The molecule has 2 atom stereocenters. The molecule has 2 unspecified atom stereocenters. The van der Waals surface area contributed by atoms with Crippen molar-refractivity contribution in [3.63, 3.8) is 0 Å². The van der Waals surface area contributed by atoms with Crippen molar-refractivity contribution in [1.29, 1.82) is 0 Å². The number of hydrogen-bond acceptors (Lipinski definition) is 3. The standard InChI is InChI=1S/C19H30N2S/c1-16-5-3-4-6-19(16)21-13-11-20(12-14-21)15-17-7-9-18(22-2)10-8-17/h7-10,16,19H,3-6,11-15H2,1-2H3. The first kappa shape index (κ1) is 16.4. The molecule has 1 aliphatic heterocycles. The quantitative estimate of drug-likeness (QED) is 0.772. The van der Waals surface area contributed by atoms with E-state index in [1.807, 2.05) is 11.8 Å². The van der Waals surface area contributed by atoms with Crippen LogP contribution >= 0.6 is 11.8 Å². The fourth-order valence-corrected chi connectivity index (χ4v) is 4.49. The number of nitrogens with zero attached hydrogens (tertiary/aromatic N) is 2. The predicted molar refractivity (Wildman–Crippen MR) is 96.5 cm³/mol. The van der Waals surface area contributed by atoms with Crippen molar-refractivity contribution >= 4 is 11.8 Å². The second kappa shape index (κ2) is 7.85. The Morgan fingerprint density at radius 1 is 1.00 bits per heavy atom. The molecule has 1 aromatic rings. The second-order valence-electron chi connectivity index (χ2n) is 6.99. The van der Waals surface area contributed by atoms with Crippen LogP contribution in [0, 0.1) is 5.92 Å². The Bertz CT molecular complexity index is 451. The SMILES string of the molecule is CSc1ccc(CN2CCN(C3CCCCC3C)CC2)cc1. The van der Waals surface area contributed by atoms with Crippen LogP contribution in [0.1, 0.15) is 38.2 Å². The van der Waals surface area contributed by atoms with Crippen molar-refractivity contribution in [3.8, 4) is 0 Å². The number of piperazine rings is 1. The molecule has 0 N–H and O–H groups in total. The molecule has 1 saturated carbocycles. The molecule has 1 saturated heterocycles.